The molecule has 3 aromatic carbocycles. The van der Waals surface area contributed by atoms with Gasteiger partial charge in [-0.25, -0.2) is 4.39 Å². The Balaban J connectivity index is 0.00000341. The van der Waals surface area contributed by atoms with Crippen molar-refractivity contribution in [3.05, 3.63) is 89.2 Å². The van der Waals surface area contributed by atoms with Crippen molar-refractivity contribution < 1.29 is 18.6 Å². The minimum atomic E-state index is -0.275. The number of nitrogens with one attached hydrogen (secondary N) is 1. The number of halogens is 2. The molecular formula is C25H29ClFNO3. The quantitative estimate of drug-likeness (QED) is 0.392. The van der Waals surface area contributed by atoms with E-state index < -0.39 is 0 Å². The summed E-state index contributed by atoms with van der Waals surface area (Å²) in [7, 11) is 1.69. The fraction of sp³-hybridized carbons (Fsp3) is 0.280. The standard InChI is InChI=1S/C25H28FNO3.ClH/c1-3-29-24-14-8-11-20(25(24)30-18-21-10-4-6-12-22(21)26)17-27-16-15-19-9-5-7-13-23(19)28-2;/h4-14,27H,3,15-18H2,1-2H3;1H. The number of rotatable bonds is 11. The van der Waals surface area contributed by atoms with Gasteiger partial charge in [0.1, 0.15) is 18.2 Å². The van der Waals surface area contributed by atoms with Crippen LogP contribution in [0.3, 0.4) is 0 Å². The molecule has 4 nitrogen and oxygen atoms in total. The molecule has 0 saturated heterocycles. The molecular weight excluding hydrogens is 417 g/mol. The minimum absolute atomic E-state index is 0. The van der Waals surface area contributed by atoms with E-state index in [1.54, 1.807) is 25.3 Å². The number of ether oxygens (including phenoxy) is 3. The molecule has 1 N–H and O–H groups in total. The molecule has 3 rings (SSSR count). The largest absolute Gasteiger partial charge is 0.496 e. The summed E-state index contributed by atoms with van der Waals surface area (Å²) < 4.78 is 31.1. The number of hydrogen-bond acceptors (Lipinski definition) is 4. The molecule has 0 aliphatic heterocycles. The van der Waals surface area contributed by atoms with Crippen molar-refractivity contribution >= 4 is 12.4 Å². The van der Waals surface area contributed by atoms with E-state index in [9.17, 15) is 4.39 Å². The first kappa shape index (κ1) is 24.5. The fourth-order valence-electron chi connectivity index (χ4n) is 3.25. The molecule has 166 valence electrons. The van der Waals surface area contributed by atoms with E-state index in [2.05, 4.69) is 11.4 Å². The highest BCUT2D eigenvalue weighted by molar-refractivity contribution is 5.85. The third kappa shape index (κ3) is 6.88. The molecule has 3 aromatic rings. The first-order valence-corrected chi connectivity index (χ1v) is 10.2. The Morgan fingerprint density at radius 3 is 2.23 bits per heavy atom. The average Bonchev–Trinajstić information content (AvgIpc) is 2.77. The Labute approximate surface area is 189 Å². The van der Waals surface area contributed by atoms with Gasteiger partial charge >= 0.3 is 0 Å². The van der Waals surface area contributed by atoms with E-state index in [-0.39, 0.29) is 24.8 Å². The monoisotopic (exact) mass is 445 g/mol. The normalized spacial score (nSPS) is 10.3. The van der Waals surface area contributed by atoms with E-state index >= 15 is 0 Å². The first-order chi connectivity index (χ1) is 14.7. The van der Waals surface area contributed by atoms with Crippen molar-refractivity contribution in [3.8, 4) is 17.2 Å². The number of methoxy groups -OCH3 is 1. The van der Waals surface area contributed by atoms with Gasteiger partial charge < -0.3 is 19.5 Å². The Bertz CT molecular complexity index is 952. The van der Waals surface area contributed by atoms with Crippen molar-refractivity contribution in [2.24, 2.45) is 0 Å². The van der Waals surface area contributed by atoms with Crippen LogP contribution in [0.5, 0.6) is 17.2 Å². The molecule has 31 heavy (non-hydrogen) atoms. The van der Waals surface area contributed by atoms with Crippen LogP contribution in [0.25, 0.3) is 0 Å². The highest BCUT2D eigenvalue weighted by atomic mass is 35.5. The topological polar surface area (TPSA) is 39.7 Å². The van der Waals surface area contributed by atoms with Gasteiger partial charge in [0.2, 0.25) is 0 Å². The molecule has 0 spiro atoms. The van der Waals surface area contributed by atoms with Gasteiger partial charge in [-0.1, -0.05) is 48.5 Å². The molecule has 0 unspecified atom stereocenters. The Morgan fingerprint density at radius 2 is 1.48 bits per heavy atom. The molecule has 0 aromatic heterocycles. The van der Waals surface area contributed by atoms with E-state index in [0.717, 1.165) is 29.8 Å². The Morgan fingerprint density at radius 1 is 0.806 bits per heavy atom. The van der Waals surface area contributed by atoms with Gasteiger partial charge in [0, 0.05) is 17.7 Å². The summed E-state index contributed by atoms with van der Waals surface area (Å²) in [5.74, 6) is 1.93. The zero-order valence-electron chi connectivity index (χ0n) is 17.9. The van der Waals surface area contributed by atoms with Crippen LogP contribution >= 0.6 is 12.4 Å². The summed E-state index contributed by atoms with van der Waals surface area (Å²) in [6.07, 6.45) is 0.848. The maximum atomic E-state index is 14.0. The summed E-state index contributed by atoms with van der Waals surface area (Å²) in [6, 6.07) is 20.5. The van der Waals surface area contributed by atoms with Gasteiger partial charge in [0.15, 0.2) is 11.5 Å². The number of para-hydroxylation sites is 2. The Kier molecular flexibility index (Phi) is 10.1. The summed E-state index contributed by atoms with van der Waals surface area (Å²) in [5.41, 5.74) is 2.64. The summed E-state index contributed by atoms with van der Waals surface area (Å²) in [4.78, 5) is 0. The van der Waals surface area contributed by atoms with Gasteiger partial charge in [0.05, 0.1) is 13.7 Å². The van der Waals surface area contributed by atoms with Gasteiger partial charge in [-0.15, -0.1) is 12.4 Å². The van der Waals surface area contributed by atoms with E-state index in [4.69, 9.17) is 14.2 Å². The summed E-state index contributed by atoms with van der Waals surface area (Å²) in [6.45, 7) is 4.00. The van der Waals surface area contributed by atoms with Crippen LogP contribution in [0.2, 0.25) is 0 Å². The number of benzene rings is 3. The maximum absolute atomic E-state index is 14.0. The van der Waals surface area contributed by atoms with Gasteiger partial charge in [0.25, 0.3) is 0 Å². The molecule has 0 amide bonds. The molecule has 6 heteroatoms. The zero-order chi connectivity index (χ0) is 21.2. The lowest BCUT2D eigenvalue weighted by atomic mass is 10.1. The van der Waals surface area contributed by atoms with Crippen LogP contribution in [0.1, 0.15) is 23.6 Å². The van der Waals surface area contributed by atoms with Crippen LogP contribution in [-0.2, 0) is 19.6 Å². The highest BCUT2D eigenvalue weighted by Gasteiger charge is 2.12. The van der Waals surface area contributed by atoms with Crippen LogP contribution in [0, 0.1) is 5.82 Å². The predicted molar refractivity (Wildman–Crippen MR) is 124 cm³/mol. The van der Waals surface area contributed by atoms with E-state index in [1.807, 2.05) is 43.3 Å². The zero-order valence-corrected chi connectivity index (χ0v) is 18.7. The maximum Gasteiger partial charge on any atom is 0.166 e. The molecule has 0 aliphatic carbocycles. The third-order valence-electron chi connectivity index (χ3n) is 4.77. The van der Waals surface area contributed by atoms with E-state index in [0.29, 0.717) is 30.2 Å². The molecule has 0 aliphatic rings. The van der Waals surface area contributed by atoms with Crippen LogP contribution in [-0.4, -0.2) is 20.3 Å². The predicted octanol–water partition coefficient (Wildman–Crippen LogP) is 5.57. The lowest BCUT2D eigenvalue weighted by Gasteiger charge is -2.17. The van der Waals surface area contributed by atoms with Gasteiger partial charge in [-0.3, -0.25) is 0 Å². The summed E-state index contributed by atoms with van der Waals surface area (Å²) >= 11 is 0. The summed E-state index contributed by atoms with van der Waals surface area (Å²) in [5, 5.41) is 3.46. The van der Waals surface area contributed by atoms with E-state index in [1.165, 1.54) is 6.07 Å². The molecule has 0 bridgehead atoms. The van der Waals surface area contributed by atoms with Crippen LogP contribution < -0.4 is 19.5 Å². The fourth-order valence-corrected chi connectivity index (χ4v) is 3.25. The van der Waals surface area contributed by atoms with Crippen molar-refractivity contribution in [2.45, 2.75) is 26.5 Å². The van der Waals surface area contributed by atoms with Gasteiger partial charge in [-0.05, 0) is 43.7 Å². The van der Waals surface area contributed by atoms with Gasteiger partial charge in [-0.2, -0.15) is 0 Å². The molecule has 0 atom stereocenters. The SMILES string of the molecule is CCOc1cccc(CNCCc2ccccc2OC)c1OCc1ccccc1F.Cl. The highest BCUT2D eigenvalue weighted by Crippen LogP contribution is 2.32. The lowest BCUT2D eigenvalue weighted by molar-refractivity contribution is 0.262. The second kappa shape index (κ2) is 12.8. The van der Waals surface area contributed by atoms with Crippen molar-refractivity contribution in [3.63, 3.8) is 0 Å². The molecule has 0 radical (unpaired) electrons. The average molecular weight is 446 g/mol. The smallest absolute Gasteiger partial charge is 0.166 e. The van der Waals surface area contributed by atoms with Crippen molar-refractivity contribution in [1.29, 1.82) is 0 Å². The van der Waals surface area contributed by atoms with Crippen LogP contribution in [0.15, 0.2) is 66.7 Å². The van der Waals surface area contributed by atoms with Crippen molar-refractivity contribution in [2.75, 3.05) is 20.3 Å². The number of hydrogen-bond donors (Lipinski definition) is 1. The second-order valence-electron chi connectivity index (χ2n) is 6.80. The Hall–Kier alpha value is -2.76. The first-order valence-electron chi connectivity index (χ1n) is 10.2. The van der Waals surface area contributed by atoms with Crippen molar-refractivity contribution in [1.82, 2.24) is 5.32 Å². The minimum Gasteiger partial charge on any atom is -0.496 e. The lowest BCUT2D eigenvalue weighted by Crippen LogP contribution is -2.18. The molecule has 0 fully saturated rings. The van der Waals surface area contributed by atoms with Crippen LogP contribution in [0.4, 0.5) is 4.39 Å². The molecule has 0 saturated carbocycles. The molecule has 0 heterocycles. The third-order valence-corrected chi connectivity index (χ3v) is 4.77. The second-order valence-corrected chi connectivity index (χ2v) is 6.80.